The predicted molar refractivity (Wildman–Crippen MR) is 77.4 cm³/mol. The number of nitrogens with zero attached hydrogens (tertiary/aromatic N) is 1. The lowest BCUT2D eigenvalue weighted by atomic mass is 9.92. The molecule has 3 nitrogen and oxygen atoms in total. The van der Waals surface area contributed by atoms with Gasteiger partial charge in [0.25, 0.3) is 0 Å². The summed E-state index contributed by atoms with van der Waals surface area (Å²) in [5.41, 5.74) is 6.56. The zero-order chi connectivity index (χ0) is 13.2. The van der Waals surface area contributed by atoms with Gasteiger partial charge in [-0.2, -0.15) is 0 Å². The number of halogens is 1. The zero-order valence-corrected chi connectivity index (χ0v) is 12.4. The first-order valence-corrected chi connectivity index (χ1v) is 7.23. The zero-order valence-electron chi connectivity index (χ0n) is 10.8. The molecular formula is C14H21BrN2O. The maximum atomic E-state index is 10.2. The molecule has 100 valence electrons. The van der Waals surface area contributed by atoms with Crippen molar-refractivity contribution in [1.82, 2.24) is 4.90 Å². The smallest absolute Gasteiger partial charge is 0.0746 e. The van der Waals surface area contributed by atoms with Crippen LogP contribution in [0, 0.1) is 0 Å². The van der Waals surface area contributed by atoms with Crippen LogP contribution in [0.1, 0.15) is 31.4 Å². The van der Waals surface area contributed by atoms with Crippen molar-refractivity contribution >= 4 is 15.9 Å². The van der Waals surface area contributed by atoms with E-state index in [2.05, 4.69) is 33.0 Å². The highest BCUT2D eigenvalue weighted by atomic mass is 79.9. The molecule has 1 saturated heterocycles. The molecule has 0 radical (unpaired) electrons. The summed E-state index contributed by atoms with van der Waals surface area (Å²) in [5, 5.41) is 10.2. The number of benzene rings is 1. The van der Waals surface area contributed by atoms with Gasteiger partial charge in [0.05, 0.1) is 5.60 Å². The summed E-state index contributed by atoms with van der Waals surface area (Å²) in [6.45, 7) is 4.19. The van der Waals surface area contributed by atoms with Gasteiger partial charge >= 0.3 is 0 Å². The van der Waals surface area contributed by atoms with Crippen molar-refractivity contribution < 1.29 is 5.11 Å². The van der Waals surface area contributed by atoms with Crippen LogP contribution in [0.15, 0.2) is 28.7 Å². The van der Waals surface area contributed by atoms with Gasteiger partial charge in [-0.3, -0.25) is 4.90 Å². The third-order valence-corrected chi connectivity index (χ3v) is 4.10. The Kier molecular flexibility index (Phi) is 4.43. The van der Waals surface area contributed by atoms with Crippen LogP contribution in [0.5, 0.6) is 0 Å². The van der Waals surface area contributed by atoms with Crippen LogP contribution in [0.25, 0.3) is 0 Å². The molecule has 0 aliphatic carbocycles. The van der Waals surface area contributed by atoms with Gasteiger partial charge in [-0.1, -0.05) is 28.1 Å². The fraction of sp³-hybridized carbons (Fsp3) is 0.571. The molecule has 3 N–H and O–H groups in total. The molecule has 1 heterocycles. The maximum Gasteiger partial charge on any atom is 0.0746 e. The number of β-amino-alcohol motifs (C(OH)–C–C–N with tert-alkyl or cyclic N) is 1. The molecule has 1 fully saturated rings. The van der Waals surface area contributed by atoms with E-state index in [0.717, 1.165) is 23.9 Å². The second-order valence-corrected chi connectivity index (χ2v) is 6.29. The van der Waals surface area contributed by atoms with E-state index < -0.39 is 5.60 Å². The van der Waals surface area contributed by atoms with Crippen LogP contribution in [-0.4, -0.2) is 35.2 Å². The number of hydrogen-bond donors (Lipinski definition) is 2. The van der Waals surface area contributed by atoms with Gasteiger partial charge in [-0.05, 0) is 44.0 Å². The minimum absolute atomic E-state index is 0.189. The molecule has 1 aromatic rings. The van der Waals surface area contributed by atoms with E-state index in [-0.39, 0.29) is 6.04 Å². The third-order valence-electron chi connectivity index (χ3n) is 3.60. The molecule has 0 saturated carbocycles. The highest BCUT2D eigenvalue weighted by Gasteiger charge is 2.32. The Morgan fingerprint density at radius 1 is 1.56 bits per heavy atom. The summed E-state index contributed by atoms with van der Waals surface area (Å²) in [7, 11) is 0. The summed E-state index contributed by atoms with van der Waals surface area (Å²) in [5.74, 6) is 0. The highest BCUT2D eigenvalue weighted by molar-refractivity contribution is 9.10. The van der Waals surface area contributed by atoms with Crippen LogP contribution in [0.2, 0.25) is 0 Å². The van der Waals surface area contributed by atoms with Crippen molar-refractivity contribution in [2.45, 2.75) is 31.4 Å². The second-order valence-electron chi connectivity index (χ2n) is 5.38. The molecule has 2 atom stereocenters. The number of rotatable bonds is 3. The molecule has 4 heteroatoms. The fourth-order valence-corrected chi connectivity index (χ4v) is 3.15. The SMILES string of the molecule is CC1(O)CCCN(C(CN)c2cccc(Br)c2)C1. The predicted octanol–water partition coefficient (Wildman–Crippen LogP) is 2.30. The molecule has 18 heavy (non-hydrogen) atoms. The molecule has 0 amide bonds. The second kappa shape index (κ2) is 5.70. The maximum absolute atomic E-state index is 10.2. The Morgan fingerprint density at radius 3 is 2.94 bits per heavy atom. The summed E-state index contributed by atoms with van der Waals surface area (Å²) in [6, 6.07) is 8.45. The first-order chi connectivity index (χ1) is 8.52. The number of nitrogens with two attached hydrogens (primary N) is 1. The van der Waals surface area contributed by atoms with Crippen molar-refractivity contribution in [3.63, 3.8) is 0 Å². The van der Waals surface area contributed by atoms with Crippen LogP contribution in [0.4, 0.5) is 0 Å². The molecule has 0 bridgehead atoms. The average Bonchev–Trinajstić information content (AvgIpc) is 2.29. The molecule has 0 aromatic heterocycles. The van der Waals surface area contributed by atoms with Gasteiger partial charge in [-0.25, -0.2) is 0 Å². The Morgan fingerprint density at radius 2 is 2.33 bits per heavy atom. The summed E-state index contributed by atoms with van der Waals surface area (Å²) >= 11 is 3.50. The molecule has 1 aliphatic heterocycles. The topological polar surface area (TPSA) is 49.5 Å². The Balaban J connectivity index is 2.18. The first kappa shape index (κ1) is 14.0. The summed E-state index contributed by atoms with van der Waals surface area (Å²) < 4.78 is 1.07. The van der Waals surface area contributed by atoms with Crippen molar-refractivity contribution in [1.29, 1.82) is 0 Å². The third kappa shape index (κ3) is 3.32. The van der Waals surface area contributed by atoms with Crippen LogP contribution < -0.4 is 5.73 Å². The normalized spacial score (nSPS) is 27.1. The van der Waals surface area contributed by atoms with Crippen molar-refractivity contribution in [3.05, 3.63) is 34.3 Å². The lowest BCUT2D eigenvalue weighted by Gasteiger charge is -2.41. The number of likely N-dealkylation sites (tertiary alicyclic amines) is 1. The lowest BCUT2D eigenvalue weighted by molar-refractivity contribution is -0.0292. The minimum atomic E-state index is -0.586. The van der Waals surface area contributed by atoms with E-state index in [9.17, 15) is 5.11 Å². The van der Waals surface area contributed by atoms with E-state index in [1.54, 1.807) is 0 Å². The van der Waals surface area contributed by atoms with Crippen LogP contribution in [-0.2, 0) is 0 Å². The Labute approximate surface area is 117 Å². The fourth-order valence-electron chi connectivity index (χ4n) is 2.73. The first-order valence-electron chi connectivity index (χ1n) is 6.44. The largest absolute Gasteiger partial charge is 0.389 e. The lowest BCUT2D eigenvalue weighted by Crippen LogP contribution is -2.48. The monoisotopic (exact) mass is 312 g/mol. The standard InChI is InChI=1S/C14H21BrN2O/c1-14(18)6-3-7-17(10-14)13(9-16)11-4-2-5-12(15)8-11/h2,4-5,8,13,18H,3,6-7,9-10,16H2,1H3. The van der Waals surface area contributed by atoms with E-state index >= 15 is 0 Å². The van der Waals surface area contributed by atoms with Crippen molar-refractivity contribution in [2.75, 3.05) is 19.6 Å². The molecule has 1 aromatic carbocycles. The molecular weight excluding hydrogens is 292 g/mol. The van der Waals surface area contributed by atoms with E-state index in [0.29, 0.717) is 13.1 Å². The number of piperidine rings is 1. The quantitative estimate of drug-likeness (QED) is 0.900. The van der Waals surface area contributed by atoms with Gasteiger partial charge in [0.15, 0.2) is 0 Å². The van der Waals surface area contributed by atoms with E-state index in [1.165, 1.54) is 5.56 Å². The average molecular weight is 313 g/mol. The van der Waals surface area contributed by atoms with Gasteiger partial charge in [0.2, 0.25) is 0 Å². The minimum Gasteiger partial charge on any atom is -0.389 e. The number of aliphatic hydroxyl groups is 1. The molecule has 2 unspecified atom stereocenters. The van der Waals surface area contributed by atoms with E-state index in [1.807, 2.05) is 19.1 Å². The Bertz CT molecular complexity index is 409. The summed E-state index contributed by atoms with van der Waals surface area (Å²) in [6.07, 6.45) is 1.90. The molecule has 1 aliphatic rings. The van der Waals surface area contributed by atoms with Gasteiger partial charge < -0.3 is 10.8 Å². The highest BCUT2D eigenvalue weighted by Crippen LogP contribution is 2.29. The Hall–Kier alpha value is -0.420. The van der Waals surface area contributed by atoms with Gasteiger partial charge in [0, 0.05) is 23.6 Å². The summed E-state index contributed by atoms with van der Waals surface area (Å²) in [4.78, 5) is 2.30. The van der Waals surface area contributed by atoms with Crippen molar-refractivity contribution in [2.24, 2.45) is 5.73 Å². The molecule has 0 spiro atoms. The molecule has 2 rings (SSSR count). The van der Waals surface area contributed by atoms with Crippen LogP contribution in [0.3, 0.4) is 0 Å². The van der Waals surface area contributed by atoms with E-state index in [4.69, 9.17) is 5.73 Å². The van der Waals surface area contributed by atoms with Crippen LogP contribution >= 0.6 is 15.9 Å². The number of hydrogen-bond acceptors (Lipinski definition) is 3. The van der Waals surface area contributed by atoms with Gasteiger partial charge in [0.1, 0.15) is 0 Å². The van der Waals surface area contributed by atoms with Crippen molar-refractivity contribution in [3.8, 4) is 0 Å². The van der Waals surface area contributed by atoms with Gasteiger partial charge in [-0.15, -0.1) is 0 Å².